The molecule has 1 aromatic rings. The first kappa shape index (κ1) is 10.1. The van der Waals surface area contributed by atoms with Gasteiger partial charge in [0.2, 0.25) is 0 Å². The van der Waals surface area contributed by atoms with E-state index in [4.69, 9.17) is 16.3 Å². The van der Waals surface area contributed by atoms with E-state index in [2.05, 4.69) is 15.9 Å². The molecule has 1 heterocycles. The number of benzene rings is 1. The zero-order valence-electron chi connectivity index (χ0n) is 7.54. The third kappa shape index (κ3) is 2.31. The first-order valence-electron chi connectivity index (χ1n) is 4.53. The Bertz CT molecular complexity index is 362. The van der Waals surface area contributed by atoms with E-state index in [1.807, 2.05) is 30.3 Å². The van der Waals surface area contributed by atoms with Crippen LogP contribution in [0.4, 0.5) is 0 Å². The summed E-state index contributed by atoms with van der Waals surface area (Å²) in [4.78, 5) is 0. The molecule has 0 spiro atoms. The number of rotatable bonds is 1. The Kier molecular flexibility index (Phi) is 3.14. The van der Waals surface area contributed by atoms with Crippen LogP contribution in [0, 0.1) is 0 Å². The second-order valence-electron chi connectivity index (χ2n) is 3.25. The van der Waals surface area contributed by atoms with Gasteiger partial charge in [0.25, 0.3) is 0 Å². The van der Waals surface area contributed by atoms with Gasteiger partial charge in [-0.05, 0) is 52.5 Å². The minimum atomic E-state index is 0.132. The molecule has 0 aromatic heterocycles. The highest BCUT2D eigenvalue weighted by atomic mass is 79.9. The predicted octanol–water partition coefficient (Wildman–Crippen LogP) is 4.43. The van der Waals surface area contributed by atoms with Gasteiger partial charge in [-0.2, -0.15) is 0 Å². The molecular weight excluding hydrogens is 263 g/mol. The van der Waals surface area contributed by atoms with Crippen LogP contribution in [0.2, 0.25) is 5.02 Å². The van der Waals surface area contributed by atoms with Gasteiger partial charge in [-0.3, -0.25) is 0 Å². The fourth-order valence-corrected chi connectivity index (χ4v) is 2.19. The predicted molar refractivity (Wildman–Crippen MR) is 61.5 cm³/mol. The Morgan fingerprint density at radius 2 is 2.29 bits per heavy atom. The van der Waals surface area contributed by atoms with Crippen LogP contribution in [-0.2, 0) is 4.74 Å². The summed E-state index contributed by atoms with van der Waals surface area (Å²) >= 11 is 9.27. The number of allylic oxidation sites excluding steroid dienone is 1. The van der Waals surface area contributed by atoms with Gasteiger partial charge in [-0.25, -0.2) is 0 Å². The fraction of sp³-hybridized carbons (Fsp3) is 0.273. The van der Waals surface area contributed by atoms with Crippen molar-refractivity contribution in [3.63, 3.8) is 0 Å². The number of halogens is 2. The van der Waals surface area contributed by atoms with Crippen molar-refractivity contribution >= 4 is 27.5 Å². The molecule has 0 fully saturated rings. The molecule has 0 saturated carbocycles. The molecule has 0 saturated heterocycles. The number of ether oxygens (including phenoxy) is 1. The van der Waals surface area contributed by atoms with Crippen LogP contribution in [0.5, 0.6) is 0 Å². The third-order valence-corrected chi connectivity index (χ3v) is 2.95. The van der Waals surface area contributed by atoms with Crippen LogP contribution in [0.1, 0.15) is 24.5 Å². The third-order valence-electron chi connectivity index (χ3n) is 2.21. The van der Waals surface area contributed by atoms with E-state index < -0.39 is 0 Å². The van der Waals surface area contributed by atoms with Gasteiger partial charge in [0.1, 0.15) is 6.10 Å². The zero-order valence-corrected chi connectivity index (χ0v) is 9.88. The highest BCUT2D eigenvalue weighted by Gasteiger charge is 2.16. The van der Waals surface area contributed by atoms with Crippen molar-refractivity contribution in [1.29, 1.82) is 0 Å². The number of hydrogen-bond donors (Lipinski definition) is 0. The molecule has 1 unspecified atom stereocenters. The van der Waals surface area contributed by atoms with Gasteiger partial charge in [-0.1, -0.05) is 23.7 Å². The highest BCUT2D eigenvalue weighted by Crippen LogP contribution is 2.32. The average molecular weight is 274 g/mol. The topological polar surface area (TPSA) is 9.23 Å². The van der Waals surface area contributed by atoms with Crippen LogP contribution in [0.15, 0.2) is 35.0 Å². The monoisotopic (exact) mass is 272 g/mol. The first-order valence-corrected chi connectivity index (χ1v) is 5.70. The standard InChI is InChI=1S/C11H10BrClO/c12-11-6-2-5-10(14-11)8-3-1-4-9(13)7-8/h1,3-4,6-7,10H,2,5H2. The van der Waals surface area contributed by atoms with Crippen molar-refractivity contribution in [2.75, 3.05) is 0 Å². The van der Waals surface area contributed by atoms with E-state index in [1.54, 1.807) is 0 Å². The van der Waals surface area contributed by atoms with Gasteiger partial charge in [-0.15, -0.1) is 0 Å². The van der Waals surface area contributed by atoms with E-state index in [-0.39, 0.29) is 6.10 Å². The summed E-state index contributed by atoms with van der Waals surface area (Å²) in [7, 11) is 0. The van der Waals surface area contributed by atoms with Crippen LogP contribution < -0.4 is 0 Å². The fourth-order valence-electron chi connectivity index (χ4n) is 1.53. The van der Waals surface area contributed by atoms with E-state index in [0.29, 0.717) is 0 Å². The van der Waals surface area contributed by atoms with E-state index in [1.165, 1.54) is 0 Å². The average Bonchev–Trinajstić information content (AvgIpc) is 2.18. The van der Waals surface area contributed by atoms with Crippen LogP contribution >= 0.6 is 27.5 Å². The molecule has 1 nitrogen and oxygen atoms in total. The lowest BCUT2D eigenvalue weighted by molar-refractivity contribution is 0.118. The van der Waals surface area contributed by atoms with Gasteiger partial charge in [0, 0.05) is 5.02 Å². The van der Waals surface area contributed by atoms with Gasteiger partial charge >= 0.3 is 0 Å². The van der Waals surface area contributed by atoms with Crippen molar-refractivity contribution in [3.05, 3.63) is 45.6 Å². The molecule has 0 N–H and O–H groups in total. The molecule has 1 aromatic carbocycles. The largest absolute Gasteiger partial charge is 0.479 e. The van der Waals surface area contributed by atoms with Gasteiger partial charge < -0.3 is 4.74 Å². The summed E-state index contributed by atoms with van der Waals surface area (Å²) in [6, 6.07) is 7.83. The summed E-state index contributed by atoms with van der Waals surface area (Å²) in [5.41, 5.74) is 1.14. The summed E-state index contributed by atoms with van der Waals surface area (Å²) in [5, 5.41) is 0.761. The zero-order chi connectivity index (χ0) is 9.97. The molecule has 74 valence electrons. The summed E-state index contributed by atoms with van der Waals surface area (Å²) in [6.07, 6.45) is 4.22. The second kappa shape index (κ2) is 4.37. The Morgan fingerprint density at radius 1 is 1.43 bits per heavy atom. The van der Waals surface area contributed by atoms with Crippen molar-refractivity contribution in [2.24, 2.45) is 0 Å². The van der Waals surface area contributed by atoms with Crippen molar-refractivity contribution in [1.82, 2.24) is 0 Å². The van der Waals surface area contributed by atoms with E-state index >= 15 is 0 Å². The SMILES string of the molecule is Clc1cccc(C2CCC=C(Br)O2)c1. The van der Waals surface area contributed by atoms with E-state index in [0.717, 1.165) is 28.1 Å². The Labute approximate surface area is 96.8 Å². The van der Waals surface area contributed by atoms with Crippen LogP contribution in [-0.4, -0.2) is 0 Å². The molecule has 14 heavy (non-hydrogen) atoms. The normalized spacial score (nSPS) is 21.3. The van der Waals surface area contributed by atoms with Crippen LogP contribution in [0.3, 0.4) is 0 Å². The molecule has 2 rings (SSSR count). The van der Waals surface area contributed by atoms with Gasteiger partial charge in [0.05, 0.1) is 0 Å². The molecule has 1 aliphatic heterocycles. The van der Waals surface area contributed by atoms with Gasteiger partial charge in [0.15, 0.2) is 4.67 Å². The molecule has 0 aliphatic carbocycles. The first-order chi connectivity index (χ1) is 6.75. The maximum atomic E-state index is 5.92. The molecule has 0 bridgehead atoms. The Hall–Kier alpha value is -0.470. The smallest absolute Gasteiger partial charge is 0.159 e. The molecular formula is C11H10BrClO. The molecule has 1 atom stereocenters. The van der Waals surface area contributed by atoms with Crippen molar-refractivity contribution in [2.45, 2.75) is 18.9 Å². The lowest BCUT2D eigenvalue weighted by atomic mass is 10.0. The summed E-state index contributed by atoms with van der Waals surface area (Å²) in [5.74, 6) is 0. The minimum Gasteiger partial charge on any atom is -0.479 e. The lowest BCUT2D eigenvalue weighted by Crippen LogP contribution is -2.05. The highest BCUT2D eigenvalue weighted by molar-refractivity contribution is 9.11. The molecule has 0 amide bonds. The molecule has 1 aliphatic rings. The maximum absolute atomic E-state index is 5.92. The minimum absolute atomic E-state index is 0.132. The summed E-state index contributed by atoms with van der Waals surface area (Å²) < 4.78 is 6.47. The Balaban J connectivity index is 2.19. The maximum Gasteiger partial charge on any atom is 0.159 e. The number of hydrogen-bond acceptors (Lipinski definition) is 1. The Morgan fingerprint density at radius 3 is 3.00 bits per heavy atom. The van der Waals surface area contributed by atoms with E-state index in [9.17, 15) is 0 Å². The van der Waals surface area contributed by atoms with Crippen LogP contribution in [0.25, 0.3) is 0 Å². The molecule has 0 radical (unpaired) electrons. The molecule has 3 heteroatoms. The quantitative estimate of drug-likeness (QED) is 0.735. The van der Waals surface area contributed by atoms with Crippen molar-refractivity contribution < 1.29 is 4.74 Å². The lowest BCUT2D eigenvalue weighted by Gasteiger charge is -2.22. The summed E-state index contributed by atoms with van der Waals surface area (Å²) in [6.45, 7) is 0. The second-order valence-corrected chi connectivity index (χ2v) is 4.47. The van der Waals surface area contributed by atoms with Crippen molar-refractivity contribution in [3.8, 4) is 0 Å².